The van der Waals surface area contributed by atoms with Crippen molar-refractivity contribution in [3.63, 3.8) is 0 Å². The molecular weight excluding hydrogens is 465 g/mol. The Morgan fingerprint density at radius 1 is 0.909 bits per heavy atom. The fourth-order valence-corrected chi connectivity index (χ4v) is 3.24. The van der Waals surface area contributed by atoms with E-state index in [4.69, 9.17) is 5.73 Å². The van der Waals surface area contributed by atoms with E-state index >= 15 is 0 Å². The Hall–Kier alpha value is -2.12. The Bertz CT molecular complexity index is 668. The van der Waals surface area contributed by atoms with Crippen molar-refractivity contribution in [2.45, 2.75) is 75.4 Å². The van der Waals surface area contributed by atoms with Crippen LogP contribution in [0.5, 0.6) is 0 Å². The quantitative estimate of drug-likeness (QED) is 0.255. The van der Waals surface area contributed by atoms with Gasteiger partial charge >= 0.3 is 18.0 Å². The third-order valence-electron chi connectivity index (χ3n) is 5.19. The first-order chi connectivity index (χ1) is 15.2. The highest BCUT2D eigenvalue weighted by Gasteiger charge is 2.72. The fourth-order valence-electron chi connectivity index (χ4n) is 3.24. The van der Waals surface area contributed by atoms with E-state index in [1.807, 2.05) is 0 Å². The molecule has 0 aliphatic carbocycles. The molecule has 4 N–H and O–H groups in total. The molecule has 1 rings (SSSR count). The molecular formula is C19H29F7N4O3. The summed E-state index contributed by atoms with van der Waals surface area (Å²) in [5.74, 6) is -13.5. The molecule has 0 bridgehead atoms. The topological polar surface area (TPSA) is 105 Å². The smallest absolute Gasteiger partial charge is 0.370 e. The maximum absolute atomic E-state index is 13.2. The zero-order chi connectivity index (χ0) is 25.3. The van der Waals surface area contributed by atoms with Gasteiger partial charge in [0.05, 0.1) is 12.6 Å². The average Bonchev–Trinajstić information content (AvgIpc) is 3.24. The van der Waals surface area contributed by atoms with Gasteiger partial charge in [-0.05, 0) is 38.6 Å². The van der Waals surface area contributed by atoms with Gasteiger partial charge in [0.2, 0.25) is 17.7 Å². The van der Waals surface area contributed by atoms with Gasteiger partial charge in [-0.25, -0.2) is 0 Å². The Morgan fingerprint density at radius 2 is 1.52 bits per heavy atom. The minimum absolute atomic E-state index is 0.0233. The number of primary amides is 1. The highest BCUT2D eigenvalue weighted by Crippen LogP contribution is 2.46. The molecule has 1 saturated heterocycles. The highest BCUT2D eigenvalue weighted by atomic mass is 19.4. The number of nitrogens with two attached hydrogens (primary N) is 1. The highest BCUT2D eigenvalue weighted by molar-refractivity contribution is 5.83. The van der Waals surface area contributed by atoms with Crippen molar-refractivity contribution in [3.05, 3.63) is 0 Å². The molecule has 7 nitrogen and oxygen atoms in total. The summed E-state index contributed by atoms with van der Waals surface area (Å²) in [4.78, 5) is 36.8. The van der Waals surface area contributed by atoms with Crippen LogP contribution in [0.15, 0.2) is 0 Å². The number of nitrogens with zero attached hydrogens (tertiary/aromatic N) is 1. The van der Waals surface area contributed by atoms with Crippen molar-refractivity contribution >= 4 is 17.7 Å². The number of carbonyl (C=O) groups excluding carboxylic acids is 3. The third kappa shape index (κ3) is 8.97. The van der Waals surface area contributed by atoms with Gasteiger partial charge in [0.25, 0.3) is 0 Å². The number of hydrogen-bond acceptors (Lipinski definition) is 4. The SMILES string of the molecule is NC(=O)CCC(NCCCCCC(=O)NCC(F)(F)C(F)(F)C(F)(F)F)C(=O)N1CCCC1. The van der Waals surface area contributed by atoms with Crippen LogP contribution in [-0.2, 0) is 14.4 Å². The van der Waals surface area contributed by atoms with E-state index in [9.17, 15) is 45.1 Å². The fraction of sp³-hybridized carbons (Fsp3) is 0.842. The summed E-state index contributed by atoms with van der Waals surface area (Å²) in [6.07, 6.45) is -3.70. The van der Waals surface area contributed by atoms with Gasteiger partial charge in [-0.1, -0.05) is 6.42 Å². The van der Waals surface area contributed by atoms with Gasteiger partial charge in [0, 0.05) is 25.9 Å². The largest absolute Gasteiger partial charge is 0.459 e. The van der Waals surface area contributed by atoms with E-state index in [0.29, 0.717) is 32.5 Å². The van der Waals surface area contributed by atoms with Crippen molar-refractivity contribution < 1.29 is 45.1 Å². The normalized spacial score (nSPS) is 16.0. The number of unbranched alkanes of at least 4 members (excludes halogenated alkanes) is 2. The first kappa shape index (κ1) is 28.9. The van der Waals surface area contributed by atoms with Crippen LogP contribution < -0.4 is 16.4 Å². The summed E-state index contributed by atoms with van der Waals surface area (Å²) in [7, 11) is 0. The molecule has 0 aromatic carbocycles. The minimum Gasteiger partial charge on any atom is -0.370 e. The number of amides is 3. The van der Waals surface area contributed by atoms with Gasteiger partial charge in [-0.15, -0.1) is 0 Å². The molecule has 1 aliphatic rings. The van der Waals surface area contributed by atoms with E-state index in [0.717, 1.165) is 12.8 Å². The molecule has 0 spiro atoms. The first-order valence-corrected chi connectivity index (χ1v) is 10.6. The van der Waals surface area contributed by atoms with Crippen LogP contribution in [0.2, 0.25) is 0 Å². The Balaban J connectivity index is 2.33. The van der Waals surface area contributed by atoms with Gasteiger partial charge in [0.1, 0.15) is 0 Å². The first-order valence-electron chi connectivity index (χ1n) is 10.6. The Labute approximate surface area is 186 Å². The molecule has 1 atom stereocenters. The molecule has 1 aliphatic heterocycles. The predicted octanol–water partition coefficient (Wildman–Crippen LogP) is 2.34. The zero-order valence-electron chi connectivity index (χ0n) is 18.0. The Morgan fingerprint density at radius 3 is 2.06 bits per heavy atom. The molecule has 0 aromatic rings. The maximum atomic E-state index is 13.2. The number of nitrogens with one attached hydrogen (secondary N) is 2. The molecule has 0 radical (unpaired) electrons. The van der Waals surface area contributed by atoms with Crippen LogP contribution >= 0.6 is 0 Å². The molecule has 0 saturated carbocycles. The minimum atomic E-state index is -6.44. The number of halogens is 7. The van der Waals surface area contributed by atoms with Gasteiger partial charge < -0.3 is 21.3 Å². The van der Waals surface area contributed by atoms with Crippen molar-refractivity contribution in [2.75, 3.05) is 26.2 Å². The van der Waals surface area contributed by atoms with Gasteiger partial charge in [-0.3, -0.25) is 14.4 Å². The van der Waals surface area contributed by atoms with Crippen molar-refractivity contribution in [1.82, 2.24) is 15.5 Å². The summed E-state index contributed by atoms with van der Waals surface area (Å²) in [5, 5.41) is 4.43. The number of carbonyl (C=O) groups is 3. The van der Waals surface area contributed by atoms with Crippen LogP contribution in [0.4, 0.5) is 30.7 Å². The summed E-state index contributed by atoms with van der Waals surface area (Å²) in [5.41, 5.74) is 5.14. The molecule has 14 heteroatoms. The summed E-state index contributed by atoms with van der Waals surface area (Å²) < 4.78 is 88.1. The second-order valence-corrected chi connectivity index (χ2v) is 7.91. The lowest BCUT2D eigenvalue weighted by Gasteiger charge is -2.28. The van der Waals surface area contributed by atoms with Crippen LogP contribution in [0.3, 0.4) is 0 Å². The van der Waals surface area contributed by atoms with Crippen molar-refractivity contribution in [3.8, 4) is 0 Å². The molecule has 3 amide bonds. The molecule has 0 aromatic heterocycles. The van der Waals surface area contributed by atoms with Gasteiger partial charge in [0.15, 0.2) is 0 Å². The number of rotatable bonds is 14. The average molecular weight is 494 g/mol. The summed E-state index contributed by atoms with van der Waals surface area (Å²) >= 11 is 0. The number of alkyl halides is 7. The van der Waals surface area contributed by atoms with E-state index in [-0.39, 0.29) is 31.6 Å². The van der Waals surface area contributed by atoms with Crippen molar-refractivity contribution in [1.29, 1.82) is 0 Å². The molecule has 1 fully saturated rings. The van der Waals surface area contributed by atoms with E-state index in [1.54, 1.807) is 4.90 Å². The van der Waals surface area contributed by atoms with Crippen LogP contribution in [-0.4, -0.2) is 72.9 Å². The van der Waals surface area contributed by atoms with E-state index < -0.39 is 42.4 Å². The van der Waals surface area contributed by atoms with E-state index in [1.165, 1.54) is 5.32 Å². The molecule has 1 unspecified atom stereocenters. The predicted molar refractivity (Wildman–Crippen MR) is 103 cm³/mol. The lowest BCUT2D eigenvalue weighted by Crippen LogP contribution is -2.56. The van der Waals surface area contributed by atoms with Crippen LogP contribution in [0, 0.1) is 0 Å². The monoisotopic (exact) mass is 494 g/mol. The second-order valence-electron chi connectivity index (χ2n) is 7.91. The lowest BCUT2D eigenvalue weighted by molar-refractivity contribution is -0.352. The molecule has 1 heterocycles. The van der Waals surface area contributed by atoms with Crippen LogP contribution in [0.25, 0.3) is 0 Å². The summed E-state index contributed by atoms with van der Waals surface area (Å²) in [6.45, 7) is -0.520. The second kappa shape index (κ2) is 12.4. The van der Waals surface area contributed by atoms with Crippen molar-refractivity contribution in [2.24, 2.45) is 5.73 Å². The van der Waals surface area contributed by atoms with E-state index in [2.05, 4.69) is 5.32 Å². The summed E-state index contributed by atoms with van der Waals surface area (Å²) in [6, 6.07) is -0.601. The third-order valence-corrected chi connectivity index (χ3v) is 5.19. The van der Waals surface area contributed by atoms with Gasteiger partial charge in [-0.2, -0.15) is 30.7 Å². The number of hydrogen-bond donors (Lipinski definition) is 3. The lowest BCUT2D eigenvalue weighted by atomic mass is 10.1. The Kier molecular flexibility index (Phi) is 10.8. The molecule has 33 heavy (non-hydrogen) atoms. The maximum Gasteiger partial charge on any atom is 0.459 e. The number of likely N-dealkylation sites (tertiary alicyclic amines) is 1. The molecule has 192 valence electrons. The zero-order valence-corrected chi connectivity index (χ0v) is 18.0. The van der Waals surface area contributed by atoms with Crippen LogP contribution in [0.1, 0.15) is 51.4 Å². The standard InChI is InChI=1S/C19H29F7N4O3/c20-17(21,18(22,23)19(24,25)26)12-29-15(32)6-2-1-3-9-28-13(7-8-14(27)31)16(33)30-10-4-5-11-30/h13,28H,1-12H2,(H2,27,31)(H,29,32).